The number of imidazole rings is 1. The molecule has 0 aliphatic heterocycles. The summed E-state index contributed by atoms with van der Waals surface area (Å²) in [6.07, 6.45) is 9.34. The minimum Gasteiger partial charge on any atom is -0.476 e. The number of nitrogens with zero attached hydrogens (tertiary/aromatic N) is 3. The molecule has 2 heterocycles. The molecule has 1 aliphatic rings. The molecule has 18 heavy (non-hydrogen) atoms. The van der Waals surface area contributed by atoms with Gasteiger partial charge in [0.1, 0.15) is 12.0 Å². The van der Waals surface area contributed by atoms with Gasteiger partial charge in [0, 0.05) is 23.9 Å². The van der Waals surface area contributed by atoms with Crippen molar-refractivity contribution < 1.29 is 9.90 Å². The number of aromatic carboxylic acids is 1. The van der Waals surface area contributed by atoms with Gasteiger partial charge in [0.25, 0.3) is 0 Å². The van der Waals surface area contributed by atoms with E-state index in [0.717, 1.165) is 5.69 Å². The Morgan fingerprint density at radius 2 is 2.11 bits per heavy atom. The van der Waals surface area contributed by atoms with Gasteiger partial charge in [-0.05, 0) is 12.8 Å². The van der Waals surface area contributed by atoms with E-state index < -0.39 is 5.97 Å². The smallest absolute Gasteiger partial charge is 0.356 e. The summed E-state index contributed by atoms with van der Waals surface area (Å²) in [5.74, 6) is -0.494. The maximum Gasteiger partial charge on any atom is 0.356 e. The Morgan fingerprint density at radius 3 is 2.83 bits per heavy atom. The van der Waals surface area contributed by atoms with Crippen molar-refractivity contribution in [2.24, 2.45) is 0 Å². The second-order valence-corrected chi connectivity index (χ2v) is 4.85. The lowest BCUT2D eigenvalue weighted by atomic mass is 9.87. The van der Waals surface area contributed by atoms with Crippen LogP contribution in [0.4, 0.5) is 0 Å². The summed E-state index contributed by atoms with van der Waals surface area (Å²) in [5, 5.41) is 8.91. The van der Waals surface area contributed by atoms with Crippen molar-refractivity contribution in [3.8, 4) is 0 Å². The Balaban J connectivity index is 1.96. The lowest BCUT2D eigenvalue weighted by Gasteiger charge is -2.20. The first kappa shape index (κ1) is 11.2. The van der Waals surface area contributed by atoms with Gasteiger partial charge < -0.3 is 5.11 Å². The SMILES string of the molecule is O=C(O)c1cn2cnc(C3CCCCC3)cc2n1. The fourth-order valence-corrected chi connectivity index (χ4v) is 2.63. The number of rotatable bonds is 2. The standard InChI is InChI=1S/C13H15N3O2/c17-13(18)11-7-16-8-14-10(6-12(16)15-11)9-4-2-1-3-5-9/h6-9H,1-5H2,(H,17,18). The van der Waals surface area contributed by atoms with Crippen LogP contribution >= 0.6 is 0 Å². The minimum absolute atomic E-state index is 0.0672. The number of carboxylic acid groups (broad SMARTS) is 1. The molecule has 0 spiro atoms. The number of carbonyl (C=O) groups is 1. The summed E-state index contributed by atoms with van der Waals surface area (Å²) in [6.45, 7) is 0. The second kappa shape index (κ2) is 4.40. The Labute approximate surface area is 104 Å². The fraction of sp³-hybridized carbons (Fsp3) is 0.462. The molecule has 1 N–H and O–H groups in total. The van der Waals surface area contributed by atoms with Gasteiger partial charge in [0.15, 0.2) is 5.69 Å². The molecular formula is C13H15N3O2. The number of fused-ring (bicyclic) bond motifs is 1. The van der Waals surface area contributed by atoms with Crippen LogP contribution in [-0.4, -0.2) is 25.4 Å². The summed E-state index contributed by atoms with van der Waals surface area (Å²) in [4.78, 5) is 19.4. The van der Waals surface area contributed by atoms with Crippen LogP contribution in [0, 0.1) is 0 Å². The predicted octanol–water partition coefficient (Wildman–Crippen LogP) is 2.48. The molecule has 1 fully saturated rings. The summed E-state index contributed by atoms with van der Waals surface area (Å²) in [6, 6.07) is 1.92. The van der Waals surface area contributed by atoms with Crippen molar-refractivity contribution in [1.82, 2.24) is 14.4 Å². The van der Waals surface area contributed by atoms with Crippen LogP contribution in [0.25, 0.3) is 5.65 Å². The van der Waals surface area contributed by atoms with Crippen LogP contribution in [0.5, 0.6) is 0 Å². The van der Waals surface area contributed by atoms with E-state index in [1.54, 1.807) is 10.7 Å². The van der Waals surface area contributed by atoms with Crippen LogP contribution in [-0.2, 0) is 0 Å². The quantitative estimate of drug-likeness (QED) is 0.882. The summed E-state index contributed by atoms with van der Waals surface area (Å²) >= 11 is 0. The molecule has 0 amide bonds. The van der Waals surface area contributed by atoms with Crippen molar-refractivity contribution in [2.75, 3.05) is 0 Å². The van der Waals surface area contributed by atoms with E-state index in [-0.39, 0.29) is 5.69 Å². The van der Waals surface area contributed by atoms with E-state index in [1.807, 2.05) is 6.07 Å². The maximum atomic E-state index is 10.9. The molecule has 0 bridgehead atoms. The lowest BCUT2D eigenvalue weighted by Crippen LogP contribution is -2.07. The van der Waals surface area contributed by atoms with Crippen molar-refractivity contribution in [2.45, 2.75) is 38.0 Å². The highest BCUT2D eigenvalue weighted by Crippen LogP contribution is 2.31. The van der Waals surface area contributed by atoms with Crippen LogP contribution in [0.2, 0.25) is 0 Å². The number of aromatic nitrogens is 3. The third-order valence-electron chi connectivity index (χ3n) is 3.61. The zero-order valence-corrected chi connectivity index (χ0v) is 10.0. The summed E-state index contributed by atoms with van der Waals surface area (Å²) < 4.78 is 1.66. The molecular weight excluding hydrogens is 230 g/mol. The maximum absolute atomic E-state index is 10.9. The molecule has 0 aromatic carbocycles. The third kappa shape index (κ3) is 1.96. The summed E-state index contributed by atoms with van der Waals surface area (Å²) in [7, 11) is 0. The number of hydrogen-bond donors (Lipinski definition) is 1. The van der Waals surface area contributed by atoms with Gasteiger partial charge in [0.2, 0.25) is 0 Å². The minimum atomic E-state index is -1.00. The molecule has 0 saturated heterocycles. The summed E-state index contributed by atoms with van der Waals surface area (Å²) in [5.41, 5.74) is 1.78. The Morgan fingerprint density at radius 1 is 1.33 bits per heavy atom. The van der Waals surface area contributed by atoms with Gasteiger partial charge in [-0.1, -0.05) is 19.3 Å². The van der Waals surface area contributed by atoms with Gasteiger partial charge in [-0.25, -0.2) is 14.8 Å². The van der Waals surface area contributed by atoms with Crippen molar-refractivity contribution >= 4 is 11.6 Å². The first-order chi connectivity index (χ1) is 8.74. The average Bonchev–Trinajstić information content (AvgIpc) is 2.82. The average molecular weight is 245 g/mol. The van der Waals surface area contributed by atoms with Crippen LogP contribution in [0.15, 0.2) is 18.6 Å². The molecule has 2 aromatic rings. The number of hydrogen-bond acceptors (Lipinski definition) is 3. The molecule has 94 valence electrons. The van der Waals surface area contributed by atoms with Crippen molar-refractivity contribution in [1.29, 1.82) is 0 Å². The Hall–Kier alpha value is -1.91. The molecule has 5 nitrogen and oxygen atoms in total. The molecule has 1 aliphatic carbocycles. The van der Waals surface area contributed by atoms with E-state index in [0.29, 0.717) is 11.6 Å². The normalized spacial score (nSPS) is 17.1. The Kier molecular flexibility index (Phi) is 2.74. The van der Waals surface area contributed by atoms with E-state index in [2.05, 4.69) is 9.97 Å². The first-order valence-electron chi connectivity index (χ1n) is 6.32. The van der Waals surface area contributed by atoms with E-state index in [1.165, 1.54) is 38.3 Å². The monoisotopic (exact) mass is 245 g/mol. The Bertz CT molecular complexity index is 585. The molecule has 1 saturated carbocycles. The topological polar surface area (TPSA) is 67.5 Å². The van der Waals surface area contributed by atoms with Gasteiger partial charge in [0.05, 0.1) is 0 Å². The zero-order chi connectivity index (χ0) is 12.5. The van der Waals surface area contributed by atoms with E-state index in [4.69, 9.17) is 5.11 Å². The fourth-order valence-electron chi connectivity index (χ4n) is 2.63. The van der Waals surface area contributed by atoms with Crippen molar-refractivity contribution in [3.05, 3.63) is 30.0 Å². The largest absolute Gasteiger partial charge is 0.476 e. The van der Waals surface area contributed by atoms with Gasteiger partial charge >= 0.3 is 5.97 Å². The molecule has 3 rings (SSSR count). The highest BCUT2D eigenvalue weighted by atomic mass is 16.4. The molecule has 0 atom stereocenters. The van der Waals surface area contributed by atoms with E-state index in [9.17, 15) is 4.79 Å². The molecule has 2 aromatic heterocycles. The van der Waals surface area contributed by atoms with Gasteiger partial charge in [-0.2, -0.15) is 0 Å². The van der Waals surface area contributed by atoms with Crippen LogP contribution in [0.1, 0.15) is 54.2 Å². The molecule has 0 unspecified atom stereocenters. The lowest BCUT2D eigenvalue weighted by molar-refractivity contribution is 0.0691. The predicted molar refractivity (Wildman–Crippen MR) is 65.8 cm³/mol. The highest BCUT2D eigenvalue weighted by molar-refractivity contribution is 5.86. The van der Waals surface area contributed by atoms with E-state index >= 15 is 0 Å². The zero-order valence-electron chi connectivity index (χ0n) is 10.0. The number of carboxylic acids is 1. The van der Waals surface area contributed by atoms with Gasteiger partial charge in [-0.15, -0.1) is 0 Å². The van der Waals surface area contributed by atoms with Crippen molar-refractivity contribution in [3.63, 3.8) is 0 Å². The second-order valence-electron chi connectivity index (χ2n) is 4.85. The van der Waals surface area contributed by atoms with Gasteiger partial charge in [-0.3, -0.25) is 4.40 Å². The van der Waals surface area contributed by atoms with Crippen LogP contribution in [0.3, 0.4) is 0 Å². The highest BCUT2D eigenvalue weighted by Gasteiger charge is 2.18. The molecule has 0 radical (unpaired) electrons. The first-order valence-corrected chi connectivity index (χ1v) is 6.32. The molecule has 5 heteroatoms. The third-order valence-corrected chi connectivity index (χ3v) is 3.61. The van der Waals surface area contributed by atoms with Crippen LogP contribution < -0.4 is 0 Å².